The topological polar surface area (TPSA) is 73.2 Å². The normalized spacial score (nSPS) is 10.7. The summed E-state index contributed by atoms with van der Waals surface area (Å²) in [6, 6.07) is 13.3. The van der Waals surface area contributed by atoms with Crippen LogP contribution >= 0.6 is 0 Å². The molecule has 0 aliphatic carbocycles. The Morgan fingerprint density at radius 1 is 1.19 bits per heavy atom. The first-order valence-corrected chi connectivity index (χ1v) is 8.93. The molecule has 1 heterocycles. The van der Waals surface area contributed by atoms with Gasteiger partial charge in [0.2, 0.25) is 5.91 Å². The van der Waals surface area contributed by atoms with E-state index < -0.39 is 0 Å². The van der Waals surface area contributed by atoms with Crippen molar-refractivity contribution in [3.8, 4) is 5.75 Å². The summed E-state index contributed by atoms with van der Waals surface area (Å²) in [4.78, 5) is 29.0. The molecule has 0 unspecified atom stereocenters. The van der Waals surface area contributed by atoms with E-state index in [2.05, 4.69) is 10.3 Å². The summed E-state index contributed by atoms with van der Waals surface area (Å²) in [6.07, 6.45) is 2.50. The Kier molecular flexibility index (Phi) is 5.86. The average molecular weight is 365 g/mol. The van der Waals surface area contributed by atoms with Gasteiger partial charge in [0.15, 0.2) is 0 Å². The summed E-state index contributed by atoms with van der Waals surface area (Å²) in [7, 11) is 1.63. The number of benzene rings is 2. The monoisotopic (exact) mass is 365 g/mol. The number of amides is 1. The molecule has 0 radical (unpaired) electrons. The maximum atomic E-state index is 12.5. The fourth-order valence-corrected chi connectivity index (χ4v) is 2.95. The number of hydrogen-bond acceptors (Lipinski definition) is 4. The number of methoxy groups -OCH3 is 1. The Balaban J connectivity index is 1.52. The molecule has 0 saturated carbocycles. The van der Waals surface area contributed by atoms with E-state index in [1.165, 1.54) is 10.9 Å². The highest BCUT2D eigenvalue weighted by Gasteiger charge is 2.08. The van der Waals surface area contributed by atoms with E-state index in [-0.39, 0.29) is 17.9 Å². The van der Waals surface area contributed by atoms with Crippen molar-refractivity contribution in [2.45, 2.75) is 26.3 Å². The summed E-state index contributed by atoms with van der Waals surface area (Å²) in [5, 5.41) is 3.47. The van der Waals surface area contributed by atoms with Gasteiger partial charge in [-0.3, -0.25) is 14.2 Å². The molecule has 0 aliphatic heterocycles. The van der Waals surface area contributed by atoms with E-state index in [0.717, 1.165) is 23.3 Å². The Morgan fingerprint density at radius 2 is 1.96 bits per heavy atom. The van der Waals surface area contributed by atoms with Gasteiger partial charge in [0, 0.05) is 19.5 Å². The molecule has 1 N–H and O–H groups in total. The molecule has 0 bridgehead atoms. The molecule has 6 nitrogen and oxygen atoms in total. The van der Waals surface area contributed by atoms with Crippen LogP contribution < -0.4 is 15.6 Å². The first-order chi connectivity index (χ1) is 13.1. The van der Waals surface area contributed by atoms with Crippen LogP contribution in [0.1, 0.15) is 17.5 Å². The number of rotatable bonds is 7. The molecule has 1 amide bonds. The van der Waals surface area contributed by atoms with Crippen LogP contribution in [0.2, 0.25) is 0 Å². The van der Waals surface area contributed by atoms with Crippen LogP contribution in [0.25, 0.3) is 10.9 Å². The summed E-state index contributed by atoms with van der Waals surface area (Å²) in [5.41, 5.74) is 2.69. The van der Waals surface area contributed by atoms with Gasteiger partial charge < -0.3 is 10.1 Å². The molecule has 27 heavy (non-hydrogen) atoms. The quantitative estimate of drug-likeness (QED) is 0.698. The highest BCUT2D eigenvalue weighted by Crippen LogP contribution is 2.12. The fourth-order valence-electron chi connectivity index (χ4n) is 2.95. The first kappa shape index (κ1) is 18.6. The molecular formula is C21H23N3O3. The molecule has 6 heteroatoms. The maximum absolute atomic E-state index is 12.5. The van der Waals surface area contributed by atoms with E-state index in [4.69, 9.17) is 4.74 Å². The number of nitrogens with one attached hydrogen (secondary N) is 1. The van der Waals surface area contributed by atoms with Gasteiger partial charge in [-0.25, -0.2) is 4.98 Å². The third kappa shape index (κ3) is 4.53. The molecule has 0 spiro atoms. The van der Waals surface area contributed by atoms with Crippen molar-refractivity contribution in [3.63, 3.8) is 0 Å². The van der Waals surface area contributed by atoms with E-state index in [9.17, 15) is 9.59 Å². The second-order valence-corrected chi connectivity index (χ2v) is 6.41. The minimum Gasteiger partial charge on any atom is -0.497 e. The van der Waals surface area contributed by atoms with Crippen LogP contribution in [-0.2, 0) is 17.8 Å². The predicted octanol–water partition coefficient (Wildman–Crippen LogP) is 2.46. The smallest absolute Gasteiger partial charge is 0.261 e. The van der Waals surface area contributed by atoms with Gasteiger partial charge in [0.25, 0.3) is 5.56 Å². The summed E-state index contributed by atoms with van der Waals surface area (Å²) >= 11 is 0. The fraction of sp³-hybridized carbons (Fsp3) is 0.286. The lowest BCUT2D eigenvalue weighted by atomic mass is 10.1. The highest BCUT2D eigenvalue weighted by atomic mass is 16.5. The van der Waals surface area contributed by atoms with Gasteiger partial charge >= 0.3 is 0 Å². The molecular weight excluding hydrogens is 342 g/mol. The molecule has 1 aromatic heterocycles. The van der Waals surface area contributed by atoms with Gasteiger partial charge in [-0.1, -0.05) is 24.3 Å². The Bertz CT molecular complexity index is 994. The van der Waals surface area contributed by atoms with Crippen LogP contribution in [0, 0.1) is 6.92 Å². The van der Waals surface area contributed by atoms with Gasteiger partial charge in [-0.2, -0.15) is 0 Å². The van der Waals surface area contributed by atoms with Gasteiger partial charge in [-0.05, 0) is 42.7 Å². The Hall–Kier alpha value is -3.15. The zero-order valence-electron chi connectivity index (χ0n) is 15.6. The van der Waals surface area contributed by atoms with Crippen molar-refractivity contribution in [3.05, 3.63) is 70.3 Å². The van der Waals surface area contributed by atoms with Gasteiger partial charge in [-0.15, -0.1) is 0 Å². The lowest BCUT2D eigenvalue weighted by molar-refractivity contribution is -0.121. The zero-order chi connectivity index (χ0) is 19.2. The number of carbonyl (C=O) groups excluding carboxylic acids is 1. The number of para-hydroxylation sites is 1. The third-order valence-corrected chi connectivity index (χ3v) is 4.53. The van der Waals surface area contributed by atoms with Crippen molar-refractivity contribution in [1.82, 2.24) is 14.9 Å². The van der Waals surface area contributed by atoms with Crippen molar-refractivity contribution >= 4 is 16.8 Å². The van der Waals surface area contributed by atoms with Crippen molar-refractivity contribution in [1.29, 1.82) is 0 Å². The van der Waals surface area contributed by atoms with Gasteiger partial charge in [0.05, 0.1) is 24.3 Å². The van der Waals surface area contributed by atoms with Crippen LogP contribution in [0.4, 0.5) is 0 Å². The summed E-state index contributed by atoms with van der Waals surface area (Å²) < 4.78 is 6.62. The zero-order valence-corrected chi connectivity index (χ0v) is 15.6. The lowest BCUT2D eigenvalue weighted by Gasteiger charge is -2.09. The number of carbonyl (C=O) groups is 1. The predicted molar refractivity (Wildman–Crippen MR) is 105 cm³/mol. The van der Waals surface area contributed by atoms with E-state index >= 15 is 0 Å². The maximum Gasteiger partial charge on any atom is 0.261 e. The molecule has 0 atom stereocenters. The van der Waals surface area contributed by atoms with Crippen LogP contribution in [0.5, 0.6) is 5.75 Å². The van der Waals surface area contributed by atoms with Crippen molar-refractivity contribution < 1.29 is 9.53 Å². The molecule has 2 aromatic carbocycles. The third-order valence-electron chi connectivity index (χ3n) is 4.53. The summed E-state index contributed by atoms with van der Waals surface area (Å²) in [6.45, 7) is 2.79. The van der Waals surface area contributed by atoms with Crippen LogP contribution in [-0.4, -0.2) is 29.1 Å². The number of aromatic nitrogens is 2. The van der Waals surface area contributed by atoms with Crippen LogP contribution in [0.15, 0.2) is 53.6 Å². The second kappa shape index (κ2) is 8.49. The molecule has 0 fully saturated rings. The molecule has 3 rings (SSSR count). The van der Waals surface area contributed by atoms with Crippen LogP contribution in [0.3, 0.4) is 0 Å². The van der Waals surface area contributed by atoms with E-state index in [1.54, 1.807) is 13.2 Å². The second-order valence-electron chi connectivity index (χ2n) is 6.41. The summed E-state index contributed by atoms with van der Waals surface area (Å²) in [5.74, 6) is 0.729. The number of hydrogen-bond donors (Lipinski definition) is 1. The van der Waals surface area contributed by atoms with Gasteiger partial charge in [0.1, 0.15) is 5.75 Å². The molecule has 3 aromatic rings. The molecule has 140 valence electrons. The lowest BCUT2D eigenvalue weighted by Crippen LogP contribution is -2.29. The minimum atomic E-state index is -0.116. The van der Waals surface area contributed by atoms with E-state index in [1.807, 2.05) is 43.3 Å². The number of fused-ring (bicyclic) bond motifs is 1. The standard InChI is InChI=1S/C21H23N3O3/c1-15-4-3-5-18-20(15)23-14-24(21(18)26)13-11-19(25)22-12-10-16-6-8-17(27-2)9-7-16/h3-9,14H,10-13H2,1-2H3,(H,22,25). The number of aryl methyl sites for hydroxylation is 2. The average Bonchev–Trinajstić information content (AvgIpc) is 2.68. The SMILES string of the molecule is COc1ccc(CCNC(=O)CCn2cnc3c(C)cccc3c2=O)cc1. The van der Waals surface area contributed by atoms with Crippen molar-refractivity contribution in [2.75, 3.05) is 13.7 Å². The minimum absolute atomic E-state index is 0.0836. The highest BCUT2D eigenvalue weighted by molar-refractivity contribution is 5.80. The number of ether oxygens (including phenoxy) is 1. The van der Waals surface area contributed by atoms with Crippen molar-refractivity contribution in [2.24, 2.45) is 0 Å². The Morgan fingerprint density at radius 3 is 2.70 bits per heavy atom. The number of nitrogens with zero attached hydrogens (tertiary/aromatic N) is 2. The molecule has 0 aliphatic rings. The van der Waals surface area contributed by atoms with E-state index in [0.29, 0.717) is 24.0 Å². The Labute approximate surface area is 157 Å². The largest absolute Gasteiger partial charge is 0.497 e. The molecule has 0 saturated heterocycles. The first-order valence-electron chi connectivity index (χ1n) is 8.93.